The number of ether oxygens (including phenoxy) is 1. The van der Waals surface area contributed by atoms with Gasteiger partial charge >= 0.3 is 0 Å². The maximum absolute atomic E-state index is 8.44. The van der Waals surface area contributed by atoms with Gasteiger partial charge in [0.25, 0.3) is 0 Å². The lowest BCUT2D eigenvalue weighted by atomic mass is 10.2. The molecule has 0 spiro atoms. The lowest BCUT2D eigenvalue weighted by Crippen LogP contribution is -2.09. The van der Waals surface area contributed by atoms with Crippen LogP contribution >= 0.6 is 0 Å². The van der Waals surface area contributed by atoms with Crippen molar-refractivity contribution in [2.24, 2.45) is 0 Å². The maximum atomic E-state index is 8.44. The molecule has 0 saturated carbocycles. The molecule has 3 nitrogen and oxygen atoms in total. The standard InChI is InChI=1S/C5H10O2.C2H6O/c6-4-5-2-1-3-7-5;1-2-3/h5-6H,1-4H2;3H,2H2,1H3. The molecule has 0 radical (unpaired) electrons. The molecule has 1 heterocycles. The number of hydrogen-bond donors (Lipinski definition) is 2. The van der Waals surface area contributed by atoms with E-state index in [1.54, 1.807) is 6.92 Å². The molecule has 1 unspecified atom stereocenters. The van der Waals surface area contributed by atoms with E-state index < -0.39 is 0 Å². The second kappa shape index (κ2) is 6.99. The Kier molecular flexibility index (Phi) is 6.91. The van der Waals surface area contributed by atoms with Gasteiger partial charge in [-0.15, -0.1) is 0 Å². The van der Waals surface area contributed by atoms with Gasteiger partial charge in [0.1, 0.15) is 0 Å². The molecule has 0 bridgehead atoms. The first kappa shape index (κ1) is 9.88. The van der Waals surface area contributed by atoms with Crippen LogP contribution in [0.1, 0.15) is 19.8 Å². The molecule has 2 N–H and O–H groups in total. The molecular weight excluding hydrogens is 132 g/mol. The van der Waals surface area contributed by atoms with Gasteiger partial charge in [0.15, 0.2) is 0 Å². The van der Waals surface area contributed by atoms with E-state index in [0.717, 1.165) is 19.4 Å². The Bertz CT molecular complexity index is 59.9. The van der Waals surface area contributed by atoms with Crippen molar-refractivity contribution in [2.45, 2.75) is 25.9 Å². The molecule has 0 aromatic carbocycles. The minimum Gasteiger partial charge on any atom is -0.397 e. The van der Waals surface area contributed by atoms with Gasteiger partial charge in [-0.25, -0.2) is 0 Å². The first-order valence-corrected chi connectivity index (χ1v) is 3.68. The van der Waals surface area contributed by atoms with E-state index in [9.17, 15) is 0 Å². The van der Waals surface area contributed by atoms with Crippen molar-refractivity contribution >= 4 is 0 Å². The van der Waals surface area contributed by atoms with Crippen molar-refractivity contribution in [1.29, 1.82) is 0 Å². The van der Waals surface area contributed by atoms with E-state index in [-0.39, 0.29) is 19.3 Å². The Morgan fingerprint density at radius 2 is 2.10 bits per heavy atom. The molecule has 62 valence electrons. The van der Waals surface area contributed by atoms with E-state index in [1.807, 2.05) is 0 Å². The third-order valence-electron chi connectivity index (χ3n) is 1.23. The summed E-state index contributed by atoms with van der Waals surface area (Å²) in [7, 11) is 0. The second-order valence-electron chi connectivity index (χ2n) is 2.13. The normalized spacial score (nSPS) is 23.7. The van der Waals surface area contributed by atoms with Crippen LogP contribution in [-0.4, -0.2) is 36.1 Å². The zero-order valence-corrected chi connectivity index (χ0v) is 6.42. The highest BCUT2D eigenvalue weighted by Gasteiger charge is 2.12. The minimum absolute atomic E-state index is 0.153. The summed E-state index contributed by atoms with van der Waals surface area (Å²) < 4.78 is 5.05. The first-order valence-electron chi connectivity index (χ1n) is 3.68. The molecule has 1 atom stereocenters. The van der Waals surface area contributed by atoms with E-state index >= 15 is 0 Å². The van der Waals surface area contributed by atoms with E-state index in [1.165, 1.54) is 0 Å². The van der Waals surface area contributed by atoms with Gasteiger partial charge in [0.05, 0.1) is 12.7 Å². The molecule has 0 aromatic rings. The molecule has 0 amide bonds. The summed E-state index contributed by atoms with van der Waals surface area (Å²) in [6.45, 7) is 2.96. The highest BCUT2D eigenvalue weighted by molar-refractivity contribution is 4.61. The highest BCUT2D eigenvalue weighted by atomic mass is 16.5. The van der Waals surface area contributed by atoms with Crippen LogP contribution in [0.5, 0.6) is 0 Å². The van der Waals surface area contributed by atoms with Crippen molar-refractivity contribution < 1.29 is 14.9 Å². The minimum atomic E-state index is 0.153. The van der Waals surface area contributed by atoms with Gasteiger partial charge < -0.3 is 14.9 Å². The SMILES string of the molecule is CCO.OCC1CCCO1. The summed E-state index contributed by atoms with van der Waals surface area (Å²) in [4.78, 5) is 0. The Morgan fingerprint density at radius 3 is 2.30 bits per heavy atom. The molecule has 0 aromatic heterocycles. The Morgan fingerprint density at radius 1 is 1.50 bits per heavy atom. The maximum Gasteiger partial charge on any atom is 0.0806 e. The van der Waals surface area contributed by atoms with Crippen LogP contribution in [0, 0.1) is 0 Å². The molecule has 3 heteroatoms. The number of rotatable bonds is 1. The fourth-order valence-corrected chi connectivity index (χ4v) is 0.788. The van der Waals surface area contributed by atoms with Gasteiger partial charge in [-0.3, -0.25) is 0 Å². The van der Waals surface area contributed by atoms with E-state index in [0.29, 0.717) is 0 Å². The van der Waals surface area contributed by atoms with Gasteiger partial charge in [0, 0.05) is 13.2 Å². The summed E-state index contributed by atoms with van der Waals surface area (Å²) in [5.74, 6) is 0. The van der Waals surface area contributed by atoms with Crippen LogP contribution in [0.4, 0.5) is 0 Å². The van der Waals surface area contributed by atoms with Crippen molar-refractivity contribution in [3.8, 4) is 0 Å². The smallest absolute Gasteiger partial charge is 0.0806 e. The third kappa shape index (κ3) is 4.73. The zero-order chi connectivity index (χ0) is 7.82. The molecule has 1 aliphatic heterocycles. The van der Waals surface area contributed by atoms with Crippen molar-refractivity contribution in [3.05, 3.63) is 0 Å². The van der Waals surface area contributed by atoms with Crippen LogP contribution in [0.2, 0.25) is 0 Å². The largest absolute Gasteiger partial charge is 0.397 e. The van der Waals surface area contributed by atoms with Crippen molar-refractivity contribution in [1.82, 2.24) is 0 Å². The van der Waals surface area contributed by atoms with Gasteiger partial charge in [-0.1, -0.05) is 0 Å². The van der Waals surface area contributed by atoms with Crippen molar-refractivity contribution in [3.63, 3.8) is 0 Å². The fourth-order valence-electron chi connectivity index (χ4n) is 0.788. The highest BCUT2D eigenvalue weighted by Crippen LogP contribution is 2.09. The molecule has 1 fully saturated rings. The average Bonchev–Trinajstić information content (AvgIpc) is 2.39. The quantitative estimate of drug-likeness (QED) is 0.556. The summed E-state index contributed by atoms with van der Waals surface area (Å²) in [5.41, 5.74) is 0. The summed E-state index contributed by atoms with van der Waals surface area (Å²) in [6.07, 6.45) is 2.31. The van der Waals surface area contributed by atoms with Crippen LogP contribution in [0.25, 0.3) is 0 Å². The number of hydrogen-bond acceptors (Lipinski definition) is 3. The van der Waals surface area contributed by atoms with Crippen LogP contribution in [-0.2, 0) is 4.74 Å². The van der Waals surface area contributed by atoms with Crippen LogP contribution in [0.3, 0.4) is 0 Å². The lowest BCUT2D eigenvalue weighted by molar-refractivity contribution is 0.0591. The monoisotopic (exact) mass is 148 g/mol. The predicted molar refractivity (Wildman–Crippen MR) is 38.8 cm³/mol. The van der Waals surface area contributed by atoms with Crippen LogP contribution in [0.15, 0.2) is 0 Å². The Hall–Kier alpha value is -0.120. The van der Waals surface area contributed by atoms with Crippen LogP contribution < -0.4 is 0 Å². The van der Waals surface area contributed by atoms with Gasteiger partial charge in [0.2, 0.25) is 0 Å². The fraction of sp³-hybridized carbons (Fsp3) is 1.00. The molecule has 1 aliphatic rings. The average molecular weight is 148 g/mol. The molecule has 10 heavy (non-hydrogen) atoms. The predicted octanol–water partition coefficient (Wildman–Crippen LogP) is 0.156. The summed E-state index contributed by atoms with van der Waals surface area (Å²) in [5, 5.41) is 16.0. The lowest BCUT2D eigenvalue weighted by Gasteiger charge is -2.00. The second-order valence-corrected chi connectivity index (χ2v) is 2.13. The van der Waals surface area contributed by atoms with E-state index in [2.05, 4.69) is 0 Å². The van der Waals surface area contributed by atoms with E-state index in [4.69, 9.17) is 14.9 Å². The first-order chi connectivity index (χ1) is 4.85. The third-order valence-corrected chi connectivity index (χ3v) is 1.23. The Balaban J connectivity index is 0.000000236. The topological polar surface area (TPSA) is 49.7 Å². The van der Waals surface area contributed by atoms with Gasteiger partial charge in [-0.05, 0) is 19.8 Å². The summed E-state index contributed by atoms with van der Waals surface area (Å²) in [6, 6.07) is 0. The molecule has 1 rings (SSSR count). The number of aliphatic hydroxyl groups excluding tert-OH is 2. The molecular formula is C7H16O3. The Labute approximate surface area is 61.6 Å². The number of aliphatic hydroxyl groups is 2. The zero-order valence-electron chi connectivity index (χ0n) is 6.42. The molecule has 0 aliphatic carbocycles. The van der Waals surface area contributed by atoms with Crippen molar-refractivity contribution in [2.75, 3.05) is 19.8 Å². The summed E-state index contributed by atoms with van der Waals surface area (Å²) >= 11 is 0. The molecule has 1 saturated heterocycles. The van der Waals surface area contributed by atoms with Gasteiger partial charge in [-0.2, -0.15) is 0 Å².